The van der Waals surface area contributed by atoms with Crippen molar-refractivity contribution in [1.29, 1.82) is 0 Å². The van der Waals surface area contributed by atoms with E-state index in [0.29, 0.717) is 13.1 Å². The molecule has 0 aliphatic heterocycles. The number of hydrogen-bond donors (Lipinski definition) is 2. The first kappa shape index (κ1) is 16.7. The number of hydrogen-bond acceptors (Lipinski definition) is 5. The molecule has 3 rings (SSSR count). The molecule has 0 radical (unpaired) electrons. The summed E-state index contributed by atoms with van der Waals surface area (Å²) in [5.41, 5.74) is 6.52. The number of benzene rings is 1. The molecule has 0 fully saturated rings. The largest absolute Gasteiger partial charge is 0.394 e. The first-order valence-electron chi connectivity index (χ1n) is 7.98. The molecule has 3 aromatic rings. The summed E-state index contributed by atoms with van der Waals surface area (Å²) in [7, 11) is 0. The quantitative estimate of drug-likeness (QED) is 0.719. The summed E-state index contributed by atoms with van der Waals surface area (Å²) in [4.78, 5) is 4.55. The normalized spacial score (nSPS) is 11.0. The fraction of sp³-hybridized carbons (Fsp3) is 0.333. The van der Waals surface area contributed by atoms with Gasteiger partial charge in [-0.1, -0.05) is 12.1 Å². The average Bonchev–Trinajstić information content (AvgIpc) is 3.11. The van der Waals surface area contributed by atoms with Crippen LogP contribution in [0.4, 0.5) is 5.69 Å². The van der Waals surface area contributed by atoms with E-state index < -0.39 is 0 Å². The third kappa shape index (κ3) is 3.49. The molecule has 0 spiro atoms. The summed E-state index contributed by atoms with van der Waals surface area (Å²) in [6, 6.07) is 8.32. The molecule has 0 bridgehead atoms. The summed E-state index contributed by atoms with van der Waals surface area (Å²) in [6.07, 6.45) is 0. The van der Waals surface area contributed by atoms with E-state index in [4.69, 9.17) is 5.11 Å². The van der Waals surface area contributed by atoms with Crippen molar-refractivity contribution in [2.75, 3.05) is 11.9 Å². The molecule has 0 saturated carbocycles. The maximum Gasteiger partial charge on any atom is 0.123 e. The van der Waals surface area contributed by atoms with E-state index in [1.54, 1.807) is 11.3 Å². The molecule has 1 aromatic carbocycles. The predicted molar refractivity (Wildman–Crippen MR) is 98.4 cm³/mol. The van der Waals surface area contributed by atoms with Gasteiger partial charge in [0.25, 0.3) is 0 Å². The number of rotatable bonds is 6. The Morgan fingerprint density at radius 2 is 2.08 bits per heavy atom. The van der Waals surface area contributed by atoms with Crippen LogP contribution in [-0.2, 0) is 13.1 Å². The van der Waals surface area contributed by atoms with Crippen LogP contribution in [0.3, 0.4) is 0 Å². The number of aliphatic hydroxyl groups is 1. The molecule has 2 aromatic heterocycles. The van der Waals surface area contributed by atoms with E-state index in [9.17, 15) is 0 Å². The lowest BCUT2D eigenvalue weighted by Crippen LogP contribution is -2.07. The number of aliphatic hydroxyl groups excluding tert-OH is 1. The van der Waals surface area contributed by atoms with Crippen molar-refractivity contribution in [3.63, 3.8) is 0 Å². The van der Waals surface area contributed by atoms with Crippen LogP contribution < -0.4 is 5.32 Å². The summed E-state index contributed by atoms with van der Waals surface area (Å²) in [6.45, 7) is 7.41. The zero-order valence-corrected chi connectivity index (χ0v) is 15.0. The van der Waals surface area contributed by atoms with Gasteiger partial charge in [0.05, 0.1) is 18.8 Å². The van der Waals surface area contributed by atoms with Crippen molar-refractivity contribution < 1.29 is 5.11 Å². The van der Waals surface area contributed by atoms with Gasteiger partial charge in [-0.15, -0.1) is 11.3 Å². The molecule has 0 unspecified atom stereocenters. The Kier molecular flexibility index (Phi) is 4.97. The Labute approximate surface area is 146 Å². The van der Waals surface area contributed by atoms with Crippen molar-refractivity contribution in [2.24, 2.45) is 0 Å². The lowest BCUT2D eigenvalue weighted by molar-refractivity contribution is 0.268. The van der Waals surface area contributed by atoms with Crippen LogP contribution in [-0.4, -0.2) is 26.5 Å². The van der Waals surface area contributed by atoms with Gasteiger partial charge in [0.2, 0.25) is 0 Å². The van der Waals surface area contributed by atoms with Gasteiger partial charge < -0.3 is 10.4 Å². The number of thiazole rings is 1. The Hall–Kier alpha value is -2.18. The zero-order valence-electron chi connectivity index (χ0n) is 14.2. The van der Waals surface area contributed by atoms with Crippen molar-refractivity contribution in [3.8, 4) is 10.6 Å². The molecule has 0 aliphatic carbocycles. The van der Waals surface area contributed by atoms with Crippen molar-refractivity contribution in [2.45, 2.75) is 33.9 Å². The third-order valence-corrected chi connectivity index (χ3v) is 5.05. The van der Waals surface area contributed by atoms with Crippen molar-refractivity contribution in [3.05, 3.63) is 52.3 Å². The number of nitrogens with one attached hydrogen (secondary N) is 1. The van der Waals surface area contributed by atoms with Gasteiger partial charge in [-0.05, 0) is 32.9 Å². The number of aryl methyl sites for hydroxylation is 2. The summed E-state index contributed by atoms with van der Waals surface area (Å²) < 4.78 is 1.86. The molecule has 2 heterocycles. The molecule has 2 N–H and O–H groups in total. The monoisotopic (exact) mass is 342 g/mol. The smallest absolute Gasteiger partial charge is 0.123 e. The molecule has 5 nitrogen and oxygen atoms in total. The second-order valence-corrected chi connectivity index (χ2v) is 6.68. The second kappa shape index (κ2) is 7.15. The van der Waals surface area contributed by atoms with Crippen LogP contribution in [0.1, 0.15) is 22.6 Å². The number of nitrogens with zero attached hydrogens (tertiary/aromatic N) is 3. The van der Waals surface area contributed by atoms with Gasteiger partial charge in [0.15, 0.2) is 0 Å². The SMILES string of the molecule is Cc1csc(-c2cccc(NCc3c(C)nn(CCO)c3C)c2)n1. The molecule has 6 heteroatoms. The highest BCUT2D eigenvalue weighted by atomic mass is 32.1. The van der Waals surface area contributed by atoms with E-state index in [0.717, 1.165) is 33.3 Å². The van der Waals surface area contributed by atoms with E-state index in [2.05, 4.69) is 39.0 Å². The topological polar surface area (TPSA) is 63.0 Å². The van der Waals surface area contributed by atoms with E-state index in [1.165, 1.54) is 5.56 Å². The van der Waals surface area contributed by atoms with Crippen LogP contribution in [0.15, 0.2) is 29.6 Å². The zero-order chi connectivity index (χ0) is 17.1. The maximum absolute atomic E-state index is 9.11. The van der Waals surface area contributed by atoms with Gasteiger partial charge in [-0.3, -0.25) is 4.68 Å². The molecule has 0 amide bonds. The van der Waals surface area contributed by atoms with Crippen LogP contribution in [0.5, 0.6) is 0 Å². The minimum absolute atomic E-state index is 0.101. The molecule has 126 valence electrons. The second-order valence-electron chi connectivity index (χ2n) is 5.82. The molecule has 24 heavy (non-hydrogen) atoms. The van der Waals surface area contributed by atoms with Crippen molar-refractivity contribution in [1.82, 2.24) is 14.8 Å². The van der Waals surface area contributed by atoms with E-state index in [-0.39, 0.29) is 6.61 Å². The van der Waals surface area contributed by atoms with Gasteiger partial charge >= 0.3 is 0 Å². The Morgan fingerprint density at radius 1 is 1.25 bits per heavy atom. The lowest BCUT2D eigenvalue weighted by atomic mass is 10.1. The third-order valence-electron chi connectivity index (χ3n) is 4.04. The minimum atomic E-state index is 0.101. The Bertz CT molecular complexity index is 837. The summed E-state index contributed by atoms with van der Waals surface area (Å²) >= 11 is 1.66. The predicted octanol–water partition coefficient (Wildman–Crippen LogP) is 3.54. The Morgan fingerprint density at radius 3 is 2.79 bits per heavy atom. The van der Waals surface area contributed by atoms with Crippen LogP contribution in [0.25, 0.3) is 10.6 Å². The highest BCUT2D eigenvalue weighted by molar-refractivity contribution is 7.13. The lowest BCUT2D eigenvalue weighted by Gasteiger charge is -2.09. The van der Waals surface area contributed by atoms with Crippen molar-refractivity contribution >= 4 is 17.0 Å². The summed E-state index contributed by atoms with van der Waals surface area (Å²) in [5, 5.41) is 20.2. The maximum atomic E-state index is 9.11. The molecule has 0 atom stereocenters. The molecular weight excluding hydrogens is 320 g/mol. The van der Waals surface area contributed by atoms with E-state index >= 15 is 0 Å². The fourth-order valence-corrected chi connectivity index (χ4v) is 3.54. The van der Waals surface area contributed by atoms with Gasteiger partial charge in [-0.25, -0.2) is 4.98 Å². The highest BCUT2D eigenvalue weighted by Gasteiger charge is 2.11. The summed E-state index contributed by atoms with van der Waals surface area (Å²) in [5.74, 6) is 0. The Balaban J connectivity index is 1.76. The average molecular weight is 342 g/mol. The minimum Gasteiger partial charge on any atom is -0.394 e. The first-order valence-corrected chi connectivity index (χ1v) is 8.86. The van der Waals surface area contributed by atoms with Crippen LogP contribution in [0, 0.1) is 20.8 Å². The standard InChI is InChI=1S/C18H22N4OS/c1-12-11-24-18(20-12)15-5-4-6-16(9-15)19-10-17-13(2)21-22(7-8-23)14(17)3/h4-6,9,11,19,23H,7-8,10H2,1-3H3. The van der Waals surface area contributed by atoms with Gasteiger partial charge in [-0.2, -0.15) is 5.10 Å². The number of anilines is 1. The first-order chi connectivity index (χ1) is 11.6. The number of aromatic nitrogens is 3. The fourth-order valence-electron chi connectivity index (χ4n) is 2.74. The van der Waals surface area contributed by atoms with Crippen LogP contribution in [0.2, 0.25) is 0 Å². The molecular formula is C18H22N4OS. The van der Waals surface area contributed by atoms with Gasteiger partial charge in [0.1, 0.15) is 5.01 Å². The molecule has 0 aliphatic rings. The molecule has 0 saturated heterocycles. The van der Waals surface area contributed by atoms with Crippen LogP contribution >= 0.6 is 11.3 Å². The van der Waals surface area contributed by atoms with Gasteiger partial charge in [0, 0.05) is 40.1 Å². The highest BCUT2D eigenvalue weighted by Crippen LogP contribution is 2.26. The van der Waals surface area contributed by atoms with E-state index in [1.807, 2.05) is 31.5 Å².